The molecule has 1 unspecified atom stereocenters. The molecule has 0 radical (unpaired) electrons. The van der Waals surface area contributed by atoms with E-state index >= 15 is 0 Å². The molecule has 0 bridgehead atoms. The molecule has 2 N–H and O–H groups in total. The molecule has 11 nitrogen and oxygen atoms in total. The fourth-order valence-corrected chi connectivity index (χ4v) is 5.92. The molecular formula is C27H28F3N7O4S. The van der Waals surface area contributed by atoms with Crippen LogP contribution < -0.4 is 10.6 Å². The van der Waals surface area contributed by atoms with Crippen LogP contribution in [0, 0.1) is 5.92 Å². The average molecular weight is 604 g/mol. The average Bonchev–Trinajstić information content (AvgIpc) is 3.33. The zero-order valence-corrected chi connectivity index (χ0v) is 23.5. The van der Waals surface area contributed by atoms with Gasteiger partial charge in [-0.15, -0.1) is 0 Å². The van der Waals surface area contributed by atoms with Gasteiger partial charge < -0.3 is 15.4 Å². The van der Waals surface area contributed by atoms with E-state index < -0.39 is 46.3 Å². The van der Waals surface area contributed by atoms with Crippen molar-refractivity contribution >= 4 is 44.1 Å². The van der Waals surface area contributed by atoms with Gasteiger partial charge in [0.05, 0.1) is 27.9 Å². The lowest BCUT2D eigenvalue weighted by Gasteiger charge is -2.25. The third-order valence-corrected chi connectivity index (χ3v) is 8.41. The minimum atomic E-state index is -3.79. The van der Waals surface area contributed by atoms with Crippen molar-refractivity contribution in [1.82, 2.24) is 24.3 Å². The number of aromatic nitrogens is 5. The number of pyridine rings is 1. The van der Waals surface area contributed by atoms with E-state index in [1.165, 1.54) is 22.8 Å². The number of halogens is 3. The summed E-state index contributed by atoms with van der Waals surface area (Å²) in [6.07, 6.45) is -0.152. The second-order valence-corrected chi connectivity index (χ2v) is 12.5. The van der Waals surface area contributed by atoms with Crippen molar-refractivity contribution in [3.63, 3.8) is 0 Å². The van der Waals surface area contributed by atoms with Crippen LogP contribution in [0.3, 0.4) is 0 Å². The Morgan fingerprint density at radius 1 is 1.14 bits per heavy atom. The van der Waals surface area contributed by atoms with E-state index in [-0.39, 0.29) is 39.7 Å². The summed E-state index contributed by atoms with van der Waals surface area (Å²) < 4.78 is 76.5. The summed E-state index contributed by atoms with van der Waals surface area (Å²) in [5.41, 5.74) is 1.42. The lowest BCUT2D eigenvalue weighted by Crippen LogP contribution is -2.21. The molecule has 3 aromatic heterocycles. The van der Waals surface area contributed by atoms with E-state index in [1.54, 1.807) is 30.1 Å². The van der Waals surface area contributed by atoms with Crippen LogP contribution in [-0.2, 0) is 26.4 Å². The third-order valence-electron chi connectivity index (χ3n) is 7.27. The van der Waals surface area contributed by atoms with Gasteiger partial charge in [-0.3, -0.25) is 14.0 Å². The van der Waals surface area contributed by atoms with Crippen LogP contribution in [0.2, 0.25) is 0 Å². The Morgan fingerprint density at radius 3 is 2.55 bits per heavy atom. The van der Waals surface area contributed by atoms with Crippen LogP contribution in [0.1, 0.15) is 44.2 Å². The van der Waals surface area contributed by atoms with E-state index in [2.05, 4.69) is 25.7 Å². The fraction of sp³-hybridized carbons (Fsp3) is 0.407. The summed E-state index contributed by atoms with van der Waals surface area (Å²) in [5.74, 6) is -2.02. The number of aryl methyl sites for hydroxylation is 1. The van der Waals surface area contributed by atoms with Gasteiger partial charge in [-0.25, -0.2) is 31.6 Å². The van der Waals surface area contributed by atoms with Crippen molar-refractivity contribution in [3.05, 3.63) is 42.4 Å². The number of carbonyl (C=O) groups excluding carboxylic acids is 1. The number of alkyl halides is 3. The van der Waals surface area contributed by atoms with Gasteiger partial charge in [-0.05, 0) is 43.9 Å². The van der Waals surface area contributed by atoms with E-state index in [9.17, 15) is 26.4 Å². The van der Waals surface area contributed by atoms with Crippen LogP contribution in [0.25, 0.3) is 22.4 Å². The van der Waals surface area contributed by atoms with Crippen LogP contribution in [0.4, 0.5) is 30.4 Å². The maximum Gasteiger partial charge on any atom is 0.295 e. The van der Waals surface area contributed by atoms with Crippen LogP contribution in [0.5, 0.6) is 0 Å². The standard InChI is InChI=1S/C27H28F3N7O4S/c1-36-9-8-17(35-36)14-6-7-18(20(11-14)42(2,39)40)31-19-13-21(33-27(38)15-12-16(15)28)32-25-23(19)34-26(24(29)30)37(25)22-5-3-4-10-41-22/h6-9,11,13,15-16,22,24H,3-5,10,12H2,1-2H3,(H2,31,32,33,38)/t15-,16+,22?/m1/s1. The Kier molecular flexibility index (Phi) is 7.17. The number of imidazole rings is 1. The molecule has 1 aliphatic carbocycles. The molecule has 4 aromatic rings. The summed E-state index contributed by atoms with van der Waals surface area (Å²) in [4.78, 5) is 21.1. The van der Waals surface area contributed by atoms with E-state index in [1.807, 2.05) is 0 Å². The molecule has 2 aliphatic rings. The van der Waals surface area contributed by atoms with Crippen molar-refractivity contribution < 1.29 is 31.1 Å². The smallest absolute Gasteiger partial charge is 0.295 e. The number of amides is 1. The first-order chi connectivity index (χ1) is 20.0. The number of fused-ring (bicyclic) bond motifs is 1. The molecule has 1 aliphatic heterocycles. The lowest BCUT2D eigenvalue weighted by molar-refractivity contribution is -0.117. The van der Waals surface area contributed by atoms with E-state index in [4.69, 9.17) is 4.74 Å². The van der Waals surface area contributed by atoms with Crippen molar-refractivity contribution in [2.45, 2.75) is 49.4 Å². The number of hydrogen-bond acceptors (Lipinski definition) is 8. The monoisotopic (exact) mass is 603 g/mol. The number of benzene rings is 1. The van der Waals surface area contributed by atoms with E-state index in [0.717, 1.165) is 19.1 Å². The van der Waals surface area contributed by atoms with Gasteiger partial charge in [0.15, 0.2) is 21.3 Å². The maximum atomic E-state index is 14.3. The lowest BCUT2D eigenvalue weighted by atomic mass is 10.1. The molecule has 4 heterocycles. The number of nitrogens with zero attached hydrogens (tertiary/aromatic N) is 5. The summed E-state index contributed by atoms with van der Waals surface area (Å²) in [6.45, 7) is 0.370. The number of nitrogens with one attached hydrogen (secondary N) is 2. The quantitative estimate of drug-likeness (QED) is 0.290. The molecule has 42 heavy (non-hydrogen) atoms. The van der Waals surface area contributed by atoms with Crippen LogP contribution in [0.15, 0.2) is 41.4 Å². The zero-order valence-electron chi connectivity index (χ0n) is 22.7. The molecule has 3 atom stereocenters. The van der Waals surface area contributed by atoms with Crippen molar-refractivity contribution in [2.75, 3.05) is 23.5 Å². The first kappa shape index (κ1) is 28.2. The number of rotatable bonds is 8. The fourth-order valence-electron chi connectivity index (χ4n) is 5.06. The number of anilines is 3. The van der Waals surface area contributed by atoms with Crippen LogP contribution >= 0.6 is 0 Å². The van der Waals surface area contributed by atoms with Crippen molar-refractivity contribution in [3.8, 4) is 11.3 Å². The highest BCUT2D eigenvalue weighted by Gasteiger charge is 2.44. The molecule has 1 saturated carbocycles. The van der Waals surface area contributed by atoms with Gasteiger partial charge in [-0.1, -0.05) is 6.07 Å². The van der Waals surface area contributed by atoms with Gasteiger partial charge in [0, 0.05) is 37.7 Å². The number of hydrogen-bond donors (Lipinski definition) is 2. The van der Waals surface area contributed by atoms with Gasteiger partial charge in [0.1, 0.15) is 23.7 Å². The maximum absolute atomic E-state index is 14.3. The second-order valence-electron chi connectivity index (χ2n) is 10.5. The summed E-state index contributed by atoms with van der Waals surface area (Å²) in [6, 6.07) is 7.78. The Balaban J connectivity index is 1.49. The molecule has 222 valence electrons. The second kappa shape index (κ2) is 10.7. The minimum Gasteiger partial charge on any atom is -0.358 e. The molecule has 1 aromatic carbocycles. The first-order valence-electron chi connectivity index (χ1n) is 13.4. The molecule has 6 rings (SSSR count). The topological polar surface area (TPSA) is 133 Å². The van der Waals surface area contributed by atoms with Crippen LogP contribution in [-0.4, -0.2) is 57.7 Å². The number of sulfone groups is 1. The molecule has 0 spiro atoms. The Morgan fingerprint density at radius 2 is 1.93 bits per heavy atom. The Labute approximate surface area is 239 Å². The molecule has 1 saturated heterocycles. The predicted octanol–water partition coefficient (Wildman–Crippen LogP) is 4.91. The molecule has 15 heteroatoms. The predicted molar refractivity (Wildman–Crippen MR) is 148 cm³/mol. The largest absolute Gasteiger partial charge is 0.358 e. The SMILES string of the molecule is Cn1ccc(-c2ccc(Nc3cc(NC(=O)[C@@H]4C[C@@H]4F)nc4c3nc(C(F)F)n4C3CCCCO3)c(S(C)(=O)=O)c2)n1. The summed E-state index contributed by atoms with van der Waals surface area (Å²) >= 11 is 0. The van der Waals surface area contributed by atoms with Gasteiger partial charge >= 0.3 is 0 Å². The Bertz CT molecular complexity index is 1780. The highest BCUT2D eigenvalue weighted by atomic mass is 32.2. The highest BCUT2D eigenvalue weighted by molar-refractivity contribution is 7.90. The van der Waals surface area contributed by atoms with Crippen molar-refractivity contribution in [2.24, 2.45) is 13.0 Å². The Hall–Kier alpha value is -3.98. The third kappa shape index (κ3) is 5.45. The molecule has 2 fully saturated rings. The minimum absolute atomic E-state index is 0.0103. The first-order valence-corrected chi connectivity index (χ1v) is 15.3. The highest BCUT2D eigenvalue weighted by Crippen LogP contribution is 2.39. The summed E-state index contributed by atoms with van der Waals surface area (Å²) in [5, 5.41) is 9.92. The zero-order chi connectivity index (χ0) is 29.8. The van der Waals surface area contributed by atoms with Gasteiger partial charge in [-0.2, -0.15) is 5.10 Å². The summed E-state index contributed by atoms with van der Waals surface area (Å²) in [7, 11) is -2.05. The van der Waals surface area contributed by atoms with Crippen molar-refractivity contribution in [1.29, 1.82) is 0 Å². The number of carbonyl (C=O) groups is 1. The van der Waals surface area contributed by atoms with Gasteiger partial charge in [0.2, 0.25) is 5.91 Å². The van der Waals surface area contributed by atoms with E-state index in [0.29, 0.717) is 24.3 Å². The molecular weight excluding hydrogens is 575 g/mol. The normalized spacial score (nSPS) is 20.7. The molecule has 1 amide bonds. The number of ether oxygens (including phenoxy) is 1. The van der Waals surface area contributed by atoms with Gasteiger partial charge in [0.25, 0.3) is 6.43 Å².